The molecule has 2 amide bonds. The van der Waals surface area contributed by atoms with Gasteiger partial charge in [-0.2, -0.15) is 0 Å². The molecule has 7 heteroatoms. The molecule has 1 rings (SSSR count). The van der Waals surface area contributed by atoms with Gasteiger partial charge in [0.25, 0.3) is 0 Å². The summed E-state index contributed by atoms with van der Waals surface area (Å²) in [6.07, 6.45) is 4.06. The quantitative estimate of drug-likeness (QED) is 0.683. The van der Waals surface area contributed by atoms with Gasteiger partial charge >= 0.3 is 6.03 Å². The first-order chi connectivity index (χ1) is 10.4. The molecule has 0 bridgehead atoms. The maximum absolute atomic E-state index is 11.7. The van der Waals surface area contributed by atoms with E-state index >= 15 is 0 Å². The number of anilines is 1. The Hall–Kier alpha value is -1.60. The fourth-order valence-corrected chi connectivity index (χ4v) is 2.86. The summed E-state index contributed by atoms with van der Waals surface area (Å²) in [5, 5.41) is 5.36. The zero-order chi connectivity index (χ0) is 16.4. The highest BCUT2D eigenvalue weighted by molar-refractivity contribution is 7.88. The average Bonchev–Trinajstić information content (AvgIpc) is 2.45. The smallest absolute Gasteiger partial charge is 0.319 e. The lowest BCUT2D eigenvalue weighted by Crippen LogP contribution is -2.39. The topological polar surface area (TPSA) is 78.5 Å². The van der Waals surface area contributed by atoms with Gasteiger partial charge in [0, 0.05) is 25.3 Å². The molecule has 0 saturated heterocycles. The van der Waals surface area contributed by atoms with Crippen LogP contribution in [0.25, 0.3) is 0 Å². The van der Waals surface area contributed by atoms with Crippen molar-refractivity contribution in [1.82, 2.24) is 9.62 Å². The van der Waals surface area contributed by atoms with E-state index in [4.69, 9.17) is 0 Å². The maximum Gasteiger partial charge on any atom is 0.319 e. The predicted octanol–water partition coefficient (Wildman–Crippen LogP) is 2.26. The summed E-state index contributed by atoms with van der Waals surface area (Å²) in [7, 11) is -3.24. The molecule has 0 spiro atoms. The summed E-state index contributed by atoms with van der Waals surface area (Å²) < 4.78 is 24.8. The number of nitrogens with one attached hydrogen (secondary N) is 2. The van der Waals surface area contributed by atoms with Crippen LogP contribution in [0.15, 0.2) is 30.3 Å². The predicted molar refractivity (Wildman–Crippen MR) is 89.4 cm³/mol. The van der Waals surface area contributed by atoms with E-state index in [0.717, 1.165) is 19.3 Å². The van der Waals surface area contributed by atoms with E-state index in [1.807, 2.05) is 18.2 Å². The Bertz CT molecular complexity index is 546. The summed E-state index contributed by atoms with van der Waals surface area (Å²) >= 11 is 0. The normalized spacial score (nSPS) is 11.4. The van der Waals surface area contributed by atoms with E-state index in [9.17, 15) is 13.2 Å². The summed E-state index contributed by atoms with van der Waals surface area (Å²) in [5.41, 5.74) is 0.697. The van der Waals surface area contributed by atoms with Crippen molar-refractivity contribution in [2.24, 2.45) is 0 Å². The van der Waals surface area contributed by atoms with Crippen molar-refractivity contribution in [3.63, 3.8) is 0 Å². The number of nitrogens with zero attached hydrogens (tertiary/aromatic N) is 1. The number of amides is 2. The van der Waals surface area contributed by atoms with Crippen LogP contribution in [0.5, 0.6) is 0 Å². The third-order valence-electron chi connectivity index (χ3n) is 3.16. The van der Waals surface area contributed by atoms with Gasteiger partial charge < -0.3 is 10.6 Å². The van der Waals surface area contributed by atoms with Gasteiger partial charge in [0.05, 0.1) is 6.26 Å². The van der Waals surface area contributed by atoms with Gasteiger partial charge in [-0.3, -0.25) is 0 Å². The molecular weight excluding hydrogens is 302 g/mol. The van der Waals surface area contributed by atoms with Crippen LogP contribution < -0.4 is 10.6 Å². The number of benzene rings is 1. The van der Waals surface area contributed by atoms with Crippen molar-refractivity contribution >= 4 is 21.7 Å². The van der Waals surface area contributed by atoms with E-state index in [1.54, 1.807) is 12.1 Å². The third kappa shape index (κ3) is 7.42. The van der Waals surface area contributed by atoms with Crippen LogP contribution in [0.3, 0.4) is 0 Å². The van der Waals surface area contributed by atoms with Crippen molar-refractivity contribution in [2.45, 2.75) is 26.2 Å². The molecule has 0 heterocycles. The van der Waals surface area contributed by atoms with Crippen LogP contribution in [-0.4, -0.2) is 44.6 Å². The van der Waals surface area contributed by atoms with Gasteiger partial charge in [0.2, 0.25) is 10.0 Å². The van der Waals surface area contributed by atoms with Crippen molar-refractivity contribution in [2.75, 3.05) is 31.2 Å². The number of carbonyl (C=O) groups excluding carboxylic acids is 1. The highest BCUT2D eigenvalue weighted by Crippen LogP contribution is 2.05. The molecule has 0 atom stereocenters. The number of rotatable bonds is 9. The van der Waals surface area contributed by atoms with Crippen molar-refractivity contribution in [3.8, 4) is 0 Å². The number of unbranched alkanes of at least 4 members (excludes halogenated alkanes) is 2. The molecular formula is C15H25N3O3S. The fourth-order valence-electron chi connectivity index (χ4n) is 1.97. The zero-order valence-electron chi connectivity index (χ0n) is 13.2. The lowest BCUT2D eigenvalue weighted by atomic mass is 10.2. The van der Waals surface area contributed by atoms with Crippen LogP contribution in [0.4, 0.5) is 10.5 Å². The Labute approximate surface area is 132 Å². The number of hydrogen-bond acceptors (Lipinski definition) is 3. The lowest BCUT2D eigenvalue weighted by molar-refractivity contribution is 0.251. The molecule has 2 N–H and O–H groups in total. The average molecular weight is 327 g/mol. The number of hydrogen-bond donors (Lipinski definition) is 2. The highest BCUT2D eigenvalue weighted by Gasteiger charge is 2.15. The number of sulfonamides is 1. The van der Waals surface area contributed by atoms with E-state index in [0.29, 0.717) is 12.2 Å². The standard InChI is InChI=1S/C15H25N3O3S/c1-3-4-8-12-18(22(2,20)21)13-11-16-15(19)17-14-9-6-5-7-10-14/h5-7,9-10H,3-4,8,11-13H2,1-2H3,(H2,16,17,19). The van der Waals surface area contributed by atoms with Gasteiger partial charge in [0.1, 0.15) is 0 Å². The van der Waals surface area contributed by atoms with Crippen LogP contribution in [0.1, 0.15) is 26.2 Å². The first kappa shape index (κ1) is 18.4. The summed E-state index contributed by atoms with van der Waals surface area (Å²) in [5.74, 6) is 0. The molecule has 0 radical (unpaired) electrons. The molecule has 0 aliphatic heterocycles. The van der Waals surface area contributed by atoms with Gasteiger partial charge in [0.15, 0.2) is 0 Å². The molecule has 0 unspecified atom stereocenters. The second kappa shape index (κ2) is 9.42. The molecule has 0 aliphatic rings. The number of carbonyl (C=O) groups is 1. The van der Waals surface area contributed by atoms with Gasteiger partial charge in [-0.25, -0.2) is 17.5 Å². The fraction of sp³-hybridized carbons (Fsp3) is 0.533. The lowest BCUT2D eigenvalue weighted by Gasteiger charge is -2.20. The number of para-hydroxylation sites is 1. The first-order valence-corrected chi connectivity index (χ1v) is 9.33. The summed E-state index contributed by atoms with van der Waals surface area (Å²) in [4.78, 5) is 11.7. The monoisotopic (exact) mass is 327 g/mol. The highest BCUT2D eigenvalue weighted by atomic mass is 32.2. The Morgan fingerprint density at radius 2 is 1.82 bits per heavy atom. The molecule has 0 aromatic heterocycles. The van der Waals surface area contributed by atoms with Crippen molar-refractivity contribution in [1.29, 1.82) is 0 Å². The Morgan fingerprint density at radius 1 is 1.14 bits per heavy atom. The summed E-state index contributed by atoms with van der Waals surface area (Å²) in [6.45, 7) is 3.12. The summed E-state index contributed by atoms with van der Waals surface area (Å²) in [6, 6.07) is 8.75. The maximum atomic E-state index is 11.7. The SMILES string of the molecule is CCCCCN(CCNC(=O)Nc1ccccc1)S(C)(=O)=O. The molecule has 6 nitrogen and oxygen atoms in total. The van der Waals surface area contributed by atoms with Crippen LogP contribution in [0.2, 0.25) is 0 Å². The van der Waals surface area contributed by atoms with Gasteiger partial charge in [-0.15, -0.1) is 0 Å². The van der Waals surface area contributed by atoms with Crippen molar-refractivity contribution < 1.29 is 13.2 Å². The largest absolute Gasteiger partial charge is 0.337 e. The minimum atomic E-state index is -3.24. The number of urea groups is 1. The van der Waals surface area contributed by atoms with Crippen LogP contribution in [-0.2, 0) is 10.0 Å². The first-order valence-electron chi connectivity index (χ1n) is 7.48. The minimum Gasteiger partial charge on any atom is -0.337 e. The van der Waals surface area contributed by atoms with E-state index in [-0.39, 0.29) is 19.1 Å². The van der Waals surface area contributed by atoms with E-state index in [1.165, 1.54) is 10.6 Å². The second-order valence-electron chi connectivity index (χ2n) is 5.12. The van der Waals surface area contributed by atoms with Crippen molar-refractivity contribution in [3.05, 3.63) is 30.3 Å². The second-order valence-corrected chi connectivity index (χ2v) is 7.10. The minimum absolute atomic E-state index is 0.276. The molecule has 22 heavy (non-hydrogen) atoms. The Balaban J connectivity index is 2.37. The molecule has 0 saturated carbocycles. The van der Waals surface area contributed by atoms with Crippen LogP contribution >= 0.6 is 0 Å². The van der Waals surface area contributed by atoms with Gasteiger partial charge in [-0.1, -0.05) is 38.0 Å². The zero-order valence-corrected chi connectivity index (χ0v) is 14.0. The molecule has 1 aromatic rings. The van der Waals surface area contributed by atoms with E-state index < -0.39 is 10.0 Å². The van der Waals surface area contributed by atoms with Gasteiger partial charge in [-0.05, 0) is 18.6 Å². The molecule has 1 aromatic carbocycles. The Morgan fingerprint density at radius 3 is 2.41 bits per heavy atom. The van der Waals surface area contributed by atoms with E-state index in [2.05, 4.69) is 17.6 Å². The Kier molecular flexibility index (Phi) is 7.90. The molecule has 0 aliphatic carbocycles. The van der Waals surface area contributed by atoms with Crippen LogP contribution in [0, 0.1) is 0 Å². The molecule has 124 valence electrons. The third-order valence-corrected chi connectivity index (χ3v) is 4.46. The molecule has 0 fully saturated rings.